The van der Waals surface area contributed by atoms with E-state index in [0.29, 0.717) is 16.8 Å². The lowest BCUT2D eigenvalue weighted by Crippen LogP contribution is -2.43. The fraction of sp³-hybridized carbons (Fsp3) is 0.588. The van der Waals surface area contributed by atoms with Crippen LogP contribution in [-0.4, -0.2) is 42.4 Å². The molecule has 1 aromatic rings. The molecular weight excluding hydrogens is 378 g/mol. The van der Waals surface area contributed by atoms with E-state index in [2.05, 4.69) is 15.9 Å². The summed E-state index contributed by atoms with van der Waals surface area (Å²) < 4.78 is 25.4. The van der Waals surface area contributed by atoms with Crippen LogP contribution in [0.4, 0.5) is 0 Å². The monoisotopic (exact) mass is 401 g/mol. The second-order valence-corrected chi connectivity index (χ2v) is 9.92. The lowest BCUT2D eigenvalue weighted by Gasteiger charge is -2.32. The second-order valence-electron chi connectivity index (χ2n) is 7.24. The summed E-state index contributed by atoms with van der Waals surface area (Å²) in [6.07, 6.45) is 0. The van der Waals surface area contributed by atoms with E-state index < -0.39 is 15.8 Å². The van der Waals surface area contributed by atoms with Crippen molar-refractivity contribution in [1.29, 1.82) is 0 Å². The van der Waals surface area contributed by atoms with Crippen molar-refractivity contribution in [3.63, 3.8) is 0 Å². The Kier molecular flexibility index (Phi) is 5.26. The number of carbonyl (C=O) groups excluding carboxylic acids is 1. The van der Waals surface area contributed by atoms with Gasteiger partial charge in [0.25, 0.3) is 0 Å². The number of likely N-dealkylation sites (tertiary alicyclic amines) is 1. The normalized spacial score (nSPS) is 22.7. The van der Waals surface area contributed by atoms with Gasteiger partial charge in [0.15, 0.2) is 9.84 Å². The van der Waals surface area contributed by atoms with E-state index in [1.54, 1.807) is 29.2 Å². The van der Waals surface area contributed by atoms with E-state index in [0.717, 1.165) is 5.56 Å². The third kappa shape index (κ3) is 3.97. The van der Waals surface area contributed by atoms with Crippen LogP contribution in [-0.2, 0) is 14.6 Å². The highest BCUT2D eigenvalue weighted by molar-refractivity contribution is 9.09. The number of carbonyl (C=O) groups is 1. The molecule has 0 bridgehead atoms. The minimum atomic E-state index is -3.47. The molecule has 2 atom stereocenters. The molecule has 0 aromatic heterocycles. The zero-order valence-electron chi connectivity index (χ0n) is 14.0. The molecule has 6 heteroatoms. The summed E-state index contributed by atoms with van der Waals surface area (Å²) in [6, 6.07) is 6.81. The van der Waals surface area contributed by atoms with E-state index in [1.165, 1.54) is 0 Å². The predicted molar refractivity (Wildman–Crippen MR) is 95.5 cm³/mol. The number of nitrogens with zero attached hydrogens (tertiary/aromatic N) is 1. The van der Waals surface area contributed by atoms with E-state index in [-0.39, 0.29) is 23.1 Å². The van der Waals surface area contributed by atoms with Crippen molar-refractivity contribution in [3.05, 3.63) is 29.8 Å². The quantitative estimate of drug-likeness (QED) is 0.728. The van der Waals surface area contributed by atoms with Gasteiger partial charge in [0, 0.05) is 17.4 Å². The van der Waals surface area contributed by atoms with Gasteiger partial charge in [0.1, 0.15) is 0 Å². The third-order valence-corrected chi connectivity index (χ3v) is 6.98. The number of halogens is 1. The maximum Gasteiger partial charge on any atom is 0.227 e. The van der Waals surface area contributed by atoms with Crippen LogP contribution in [0.15, 0.2) is 29.2 Å². The molecule has 0 N–H and O–H groups in total. The van der Waals surface area contributed by atoms with Crippen LogP contribution in [0.5, 0.6) is 0 Å². The topological polar surface area (TPSA) is 54.5 Å². The Hall–Kier alpha value is -0.880. The fourth-order valence-corrected chi connectivity index (χ4v) is 5.19. The summed E-state index contributed by atoms with van der Waals surface area (Å²) in [5.74, 6) is -0.655. The summed E-state index contributed by atoms with van der Waals surface area (Å²) in [4.78, 5) is 14.8. The number of aryl methyl sites for hydroxylation is 1. The van der Waals surface area contributed by atoms with Gasteiger partial charge in [-0.2, -0.15) is 0 Å². The van der Waals surface area contributed by atoms with Crippen LogP contribution in [0.1, 0.15) is 26.3 Å². The summed E-state index contributed by atoms with van der Waals surface area (Å²) >= 11 is 3.44. The van der Waals surface area contributed by atoms with E-state index in [9.17, 15) is 13.2 Å². The lowest BCUT2D eigenvalue weighted by molar-refractivity contribution is -0.134. The molecule has 1 aliphatic rings. The number of benzene rings is 1. The Labute approximate surface area is 147 Å². The van der Waals surface area contributed by atoms with Crippen LogP contribution < -0.4 is 0 Å². The standard InChI is InChI=1S/C17H24BrNO3S/c1-12-5-7-14(8-6-12)23(21,22)11-15-13(9-18)10-19(16(15)20)17(2,3)4/h5-8,13,15H,9-11H2,1-4H3/t13-,15+/m0/s1. The first-order valence-electron chi connectivity index (χ1n) is 7.73. The summed E-state index contributed by atoms with van der Waals surface area (Å²) in [6.45, 7) is 8.45. The number of alkyl halides is 1. The van der Waals surface area contributed by atoms with Crippen molar-refractivity contribution >= 4 is 31.7 Å². The highest BCUT2D eigenvalue weighted by Gasteiger charge is 2.45. The van der Waals surface area contributed by atoms with Crippen molar-refractivity contribution in [2.45, 2.75) is 38.1 Å². The van der Waals surface area contributed by atoms with Gasteiger partial charge < -0.3 is 4.90 Å². The van der Waals surface area contributed by atoms with E-state index in [1.807, 2.05) is 27.7 Å². The summed E-state index contributed by atoms with van der Waals surface area (Å²) in [5, 5.41) is 0.624. The molecule has 0 aliphatic carbocycles. The number of amides is 1. The first-order valence-corrected chi connectivity index (χ1v) is 10.5. The number of sulfone groups is 1. The van der Waals surface area contributed by atoms with Gasteiger partial charge in [0.05, 0.1) is 16.6 Å². The number of rotatable bonds is 4. The molecule has 0 unspecified atom stereocenters. The number of hydrogen-bond acceptors (Lipinski definition) is 3. The van der Waals surface area contributed by atoms with Crippen LogP contribution in [0.25, 0.3) is 0 Å². The highest BCUT2D eigenvalue weighted by Crippen LogP contribution is 2.33. The highest BCUT2D eigenvalue weighted by atomic mass is 79.9. The molecule has 2 rings (SSSR count). The zero-order chi connectivity index (χ0) is 17.4. The van der Waals surface area contributed by atoms with Gasteiger partial charge in [-0.05, 0) is 45.7 Å². The van der Waals surface area contributed by atoms with Crippen molar-refractivity contribution in [2.24, 2.45) is 11.8 Å². The molecule has 128 valence electrons. The van der Waals surface area contributed by atoms with Gasteiger partial charge in [-0.15, -0.1) is 0 Å². The first kappa shape index (κ1) is 18.5. The average molecular weight is 402 g/mol. The molecule has 0 saturated carbocycles. The minimum absolute atomic E-state index is 0.0157. The van der Waals surface area contributed by atoms with Gasteiger partial charge in [0.2, 0.25) is 5.91 Å². The maximum absolute atomic E-state index is 12.7. The maximum atomic E-state index is 12.7. The molecule has 4 nitrogen and oxygen atoms in total. The van der Waals surface area contributed by atoms with Crippen LogP contribution in [0, 0.1) is 18.8 Å². The summed E-state index contributed by atoms with van der Waals surface area (Å²) in [7, 11) is -3.47. The Morgan fingerprint density at radius 3 is 2.26 bits per heavy atom. The van der Waals surface area contributed by atoms with Crippen LogP contribution in [0.2, 0.25) is 0 Å². The summed E-state index contributed by atoms with van der Waals surface area (Å²) in [5.41, 5.74) is 0.720. The molecule has 1 amide bonds. The second kappa shape index (κ2) is 6.55. The molecule has 1 saturated heterocycles. The van der Waals surface area contributed by atoms with E-state index in [4.69, 9.17) is 0 Å². The Balaban J connectivity index is 2.27. The minimum Gasteiger partial charge on any atom is -0.337 e. The SMILES string of the molecule is Cc1ccc(S(=O)(=O)C[C@H]2C(=O)N(C(C)(C)C)C[C@@H]2CBr)cc1. The lowest BCUT2D eigenvalue weighted by atomic mass is 10.00. The molecule has 0 spiro atoms. The van der Waals surface area contributed by atoms with Gasteiger partial charge in [-0.1, -0.05) is 33.6 Å². The molecule has 23 heavy (non-hydrogen) atoms. The van der Waals surface area contributed by atoms with Gasteiger partial charge >= 0.3 is 0 Å². The Morgan fingerprint density at radius 2 is 1.78 bits per heavy atom. The zero-order valence-corrected chi connectivity index (χ0v) is 16.4. The molecule has 1 aliphatic heterocycles. The largest absolute Gasteiger partial charge is 0.337 e. The predicted octanol–water partition coefficient (Wildman–Crippen LogP) is 3.04. The molecular formula is C17H24BrNO3S. The van der Waals surface area contributed by atoms with Gasteiger partial charge in [-0.25, -0.2) is 8.42 Å². The van der Waals surface area contributed by atoms with Crippen molar-refractivity contribution in [2.75, 3.05) is 17.6 Å². The Bertz CT molecular complexity index is 677. The molecule has 1 heterocycles. The fourth-order valence-electron chi connectivity index (χ4n) is 2.90. The molecule has 0 radical (unpaired) electrons. The number of hydrogen-bond donors (Lipinski definition) is 0. The molecule has 1 aromatic carbocycles. The van der Waals surface area contributed by atoms with Crippen molar-refractivity contribution in [3.8, 4) is 0 Å². The van der Waals surface area contributed by atoms with Crippen molar-refractivity contribution < 1.29 is 13.2 Å². The average Bonchev–Trinajstić information content (AvgIpc) is 2.75. The third-order valence-electron chi connectivity index (χ3n) is 4.36. The Morgan fingerprint density at radius 1 is 1.22 bits per heavy atom. The molecule has 1 fully saturated rings. The van der Waals surface area contributed by atoms with Crippen molar-refractivity contribution in [1.82, 2.24) is 4.90 Å². The van der Waals surface area contributed by atoms with Crippen LogP contribution in [0.3, 0.4) is 0 Å². The van der Waals surface area contributed by atoms with Crippen LogP contribution >= 0.6 is 15.9 Å². The van der Waals surface area contributed by atoms with Gasteiger partial charge in [-0.3, -0.25) is 4.79 Å². The first-order chi connectivity index (χ1) is 10.6. The smallest absolute Gasteiger partial charge is 0.227 e. The van der Waals surface area contributed by atoms with E-state index >= 15 is 0 Å².